The van der Waals surface area contributed by atoms with Gasteiger partial charge in [-0.05, 0) is 32.4 Å². The largest absolute Gasteiger partial charge is 0.338 e. The Morgan fingerprint density at radius 2 is 2.12 bits per heavy atom. The maximum Gasteiger partial charge on any atom is 0.227 e. The van der Waals surface area contributed by atoms with E-state index in [1.807, 2.05) is 0 Å². The Labute approximate surface area is 97.0 Å². The molecule has 3 heterocycles. The molecule has 0 aromatic rings. The molecule has 4 nitrogen and oxygen atoms in total. The third kappa shape index (κ3) is 1.64. The highest BCUT2D eigenvalue weighted by Gasteiger charge is 2.42. The number of nitrogens with one attached hydrogen (secondary N) is 1. The van der Waals surface area contributed by atoms with E-state index in [0.717, 1.165) is 45.1 Å². The van der Waals surface area contributed by atoms with E-state index in [1.54, 1.807) is 0 Å². The van der Waals surface area contributed by atoms with Gasteiger partial charge in [0.1, 0.15) is 0 Å². The first-order chi connectivity index (χ1) is 7.75. The number of rotatable bonds is 1. The van der Waals surface area contributed by atoms with Crippen LogP contribution in [0.15, 0.2) is 0 Å². The summed E-state index contributed by atoms with van der Waals surface area (Å²) in [7, 11) is 2.11. The molecule has 0 radical (unpaired) electrons. The highest BCUT2D eigenvalue weighted by molar-refractivity contribution is 5.80. The summed E-state index contributed by atoms with van der Waals surface area (Å²) < 4.78 is 0. The standard InChI is InChI=1S/C12H21N3O/c1-14-4-2-10(8-14)12(16)15-5-3-9-6-13-7-11(9)15/h9-11,13H,2-8H2,1H3/t9-,10?,11+/m0/s1. The molecular weight excluding hydrogens is 202 g/mol. The number of hydrogen-bond acceptors (Lipinski definition) is 3. The molecule has 16 heavy (non-hydrogen) atoms. The molecule has 3 fully saturated rings. The van der Waals surface area contributed by atoms with Gasteiger partial charge in [-0.15, -0.1) is 0 Å². The van der Waals surface area contributed by atoms with Crippen LogP contribution in [-0.4, -0.2) is 61.5 Å². The third-order valence-corrected chi connectivity index (χ3v) is 4.47. The molecule has 1 amide bonds. The Balaban J connectivity index is 1.66. The maximum atomic E-state index is 12.4. The lowest BCUT2D eigenvalue weighted by Gasteiger charge is -2.26. The van der Waals surface area contributed by atoms with Gasteiger partial charge in [-0.1, -0.05) is 0 Å². The van der Waals surface area contributed by atoms with Gasteiger partial charge in [0.15, 0.2) is 0 Å². The highest BCUT2D eigenvalue weighted by atomic mass is 16.2. The zero-order valence-electron chi connectivity index (χ0n) is 9.98. The lowest BCUT2D eigenvalue weighted by Crippen LogP contribution is -2.43. The molecule has 0 spiro atoms. The van der Waals surface area contributed by atoms with Crippen molar-refractivity contribution in [3.05, 3.63) is 0 Å². The summed E-state index contributed by atoms with van der Waals surface area (Å²) in [6.07, 6.45) is 2.25. The number of likely N-dealkylation sites (tertiary alicyclic amines) is 2. The van der Waals surface area contributed by atoms with E-state index in [-0.39, 0.29) is 5.92 Å². The number of carbonyl (C=O) groups excluding carboxylic acids is 1. The van der Waals surface area contributed by atoms with Gasteiger partial charge in [-0.25, -0.2) is 0 Å². The predicted octanol–water partition coefficient (Wildman–Crippen LogP) is -0.242. The average Bonchev–Trinajstić information content (AvgIpc) is 2.90. The fourth-order valence-electron chi connectivity index (χ4n) is 3.49. The molecule has 0 aromatic carbocycles. The van der Waals surface area contributed by atoms with Crippen molar-refractivity contribution in [1.82, 2.24) is 15.1 Å². The van der Waals surface area contributed by atoms with Crippen molar-refractivity contribution < 1.29 is 4.79 Å². The van der Waals surface area contributed by atoms with Crippen LogP contribution in [0.5, 0.6) is 0 Å². The molecular formula is C12H21N3O. The van der Waals surface area contributed by atoms with Crippen molar-refractivity contribution >= 4 is 5.91 Å². The van der Waals surface area contributed by atoms with Crippen LogP contribution in [0.25, 0.3) is 0 Å². The van der Waals surface area contributed by atoms with Crippen LogP contribution in [0.1, 0.15) is 12.8 Å². The van der Waals surface area contributed by atoms with Gasteiger partial charge in [-0.3, -0.25) is 4.79 Å². The molecule has 3 rings (SSSR count). The first-order valence-corrected chi connectivity index (χ1v) is 6.45. The van der Waals surface area contributed by atoms with E-state index in [0.29, 0.717) is 11.9 Å². The van der Waals surface area contributed by atoms with Crippen LogP contribution in [0.3, 0.4) is 0 Å². The maximum absolute atomic E-state index is 12.4. The molecule has 1 unspecified atom stereocenters. The van der Waals surface area contributed by atoms with Crippen molar-refractivity contribution in [2.45, 2.75) is 18.9 Å². The monoisotopic (exact) mass is 223 g/mol. The molecule has 3 atom stereocenters. The summed E-state index contributed by atoms with van der Waals surface area (Å²) in [4.78, 5) is 16.8. The van der Waals surface area contributed by atoms with E-state index in [4.69, 9.17) is 0 Å². The molecule has 3 aliphatic heterocycles. The number of nitrogens with zero attached hydrogens (tertiary/aromatic N) is 2. The smallest absolute Gasteiger partial charge is 0.227 e. The minimum absolute atomic E-state index is 0.268. The summed E-state index contributed by atoms with van der Waals surface area (Å²) in [5.74, 6) is 1.41. The Bertz CT molecular complexity index is 294. The lowest BCUT2D eigenvalue weighted by molar-refractivity contribution is -0.135. The predicted molar refractivity (Wildman–Crippen MR) is 62.1 cm³/mol. The minimum atomic E-state index is 0.268. The van der Waals surface area contributed by atoms with E-state index < -0.39 is 0 Å². The van der Waals surface area contributed by atoms with Crippen LogP contribution < -0.4 is 5.32 Å². The molecule has 3 aliphatic rings. The number of carbonyl (C=O) groups is 1. The molecule has 90 valence electrons. The second kappa shape index (κ2) is 4.00. The molecule has 0 aliphatic carbocycles. The first-order valence-electron chi connectivity index (χ1n) is 6.45. The summed E-state index contributed by atoms with van der Waals surface area (Å²) in [6, 6.07) is 0.499. The lowest BCUT2D eigenvalue weighted by atomic mass is 10.0. The van der Waals surface area contributed by atoms with E-state index >= 15 is 0 Å². The Morgan fingerprint density at radius 3 is 2.88 bits per heavy atom. The summed E-state index contributed by atoms with van der Waals surface area (Å²) in [6.45, 7) is 5.16. The van der Waals surface area contributed by atoms with Gasteiger partial charge in [-0.2, -0.15) is 0 Å². The van der Waals surface area contributed by atoms with Crippen LogP contribution in [-0.2, 0) is 4.79 Å². The van der Waals surface area contributed by atoms with Crippen molar-refractivity contribution in [3.63, 3.8) is 0 Å². The van der Waals surface area contributed by atoms with Crippen LogP contribution >= 0.6 is 0 Å². The molecule has 1 N–H and O–H groups in total. The van der Waals surface area contributed by atoms with E-state index in [9.17, 15) is 4.79 Å². The molecule has 0 aromatic heterocycles. The minimum Gasteiger partial charge on any atom is -0.338 e. The second-order valence-electron chi connectivity index (χ2n) is 5.55. The van der Waals surface area contributed by atoms with Gasteiger partial charge in [0.25, 0.3) is 0 Å². The molecule has 3 saturated heterocycles. The van der Waals surface area contributed by atoms with Crippen molar-refractivity contribution in [1.29, 1.82) is 0 Å². The van der Waals surface area contributed by atoms with Crippen LogP contribution in [0.4, 0.5) is 0 Å². The Kier molecular flexibility index (Phi) is 2.64. The van der Waals surface area contributed by atoms with E-state index in [1.165, 1.54) is 6.42 Å². The summed E-state index contributed by atoms with van der Waals surface area (Å²) >= 11 is 0. The topological polar surface area (TPSA) is 35.6 Å². The zero-order valence-corrected chi connectivity index (χ0v) is 9.98. The Hall–Kier alpha value is -0.610. The van der Waals surface area contributed by atoms with Gasteiger partial charge >= 0.3 is 0 Å². The SMILES string of the molecule is CN1CCC(C(=O)N2CC[C@H]3CNC[C@H]32)C1. The normalized spacial score (nSPS) is 39.3. The molecule has 0 bridgehead atoms. The van der Waals surface area contributed by atoms with Crippen molar-refractivity contribution in [3.8, 4) is 0 Å². The van der Waals surface area contributed by atoms with Gasteiger partial charge in [0, 0.05) is 32.2 Å². The van der Waals surface area contributed by atoms with E-state index in [2.05, 4.69) is 22.2 Å². The average molecular weight is 223 g/mol. The first kappa shape index (κ1) is 10.5. The number of fused-ring (bicyclic) bond motifs is 1. The Morgan fingerprint density at radius 1 is 1.25 bits per heavy atom. The highest BCUT2D eigenvalue weighted by Crippen LogP contribution is 2.30. The van der Waals surface area contributed by atoms with Crippen molar-refractivity contribution in [2.24, 2.45) is 11.8 Å². The van der Waals surface area contributed by atoms with Gasteiger partial charge in [0.05, 0.1) is 5.92 Å². The van der Waals surface area contributed by atoms with Crippen molar-refractivity contribution in [2.75, 3.05) is 39.8 Å². The fourth-order valence-corrected chi connectivity index (χ4v) is 3.49. The van der Waals surface area contributed by atoms with Gasteiger partial charge in [0.2, 0.25) is 5.91 Å². The third-order valence-electron chi connectivity index (χ3n) is 4.47. The fraction of sp³-hybridized carbons (Fsp3) is 0.917. The van der Waals surface area contributed by atoms with Crippen LogP contribution in [0, 0.1) is 11.8 Å². The zero-order chi connectivity index (χ0) is 11.1. The second-order valence-corrected chi connectivity index (χ2v) is 5.55. The molecule has 0 saturated carbocycles. The van der Waals surface area contributed by atoms with Crippen LogP contribution in [0.2, 0.25) is 0 Å². The number of amides is 1. The van der Waals surface area contributed by atoms with Gasteiger partial charge < -0.3 is 15.1 Å². The summed E-state index contributed by atoms with van der Waals surface area (Å²) in [5, 5.41) is 3.40. The number of hydrogen-bond donors (Lipinski definition) is 1. The summed E-state index contributed by atoms with van der Waals surface area (Å²) in [5.41, 5.74) is 0. The molecule has 4 heteroatoms. The quantitative estimate of drug-likeness (QED) is 0.666.